The largest absolute Gasteiger partial charge is 0.386 e. The lowest BCUT2D eigenvalue weighted by molar-refractivity contribution is 0.00791. The molecule has 10 nitrogen and oxygen atoms in total. The Balaban J connectivity index is 1.31. The molecule has 2 saturated heterocycles. The van der Waals surface area contributed by atoms with Crippen molar-refractivity contribution < 1.29 is 9.47 Å². The molecule has 4 N–H and O–H groups in total. The number of aromatic nitrogens is 3. The lowest BCUT2D eigenvalue weighted by atomic mass is 9.90. The molecule has 2 aromatic rings. The molecule has 11 heteroatoms. The van der Waals surface area contributed by atoms with Crippen LogP contribution in [0.3, 0.4) is 0 Å². The molecule has 0 spiro atoms. The van der Waals surface area contributed by atoms with Crippen LogP contribution in [0.5, 0.6) is 0 Å². The number of hydrogen-bond donors (Lipinski definition) is 4. The predicted octanol–water partition coefficient (Wildman–Crippen LogP) is 3.94. The molecule has 0 unspecified atom stereocenters. The Labute approximate surface area is 223 Å². The fraction of sp³-hybridized carbons (Fsp3) is 0.692. The first kappa shape index (κ1) is 26.3. The highest BCUT2D eigenvalue weighted by Crippen LogP contribution is 2.35. The van der Waals surface area contributed by atoms with Crippen LogP contribution in [0.25, 0.3) is 10.2 Å². The van der Waals surface area contributed by atoms with Crippen molar-refractivity contribution in [2.45, 2.75) is 76.4 Å². The van der Waals surface area contributed by atoms with Gasteiger partial charge >= 0.3 is 0 Å². The number of ether oxygens (including phenoxy) is 2. The standard InChI is InChI=1S/C26H40N8O2S/c1-17(2)23-22-24(29-19-3-5-21(6-4-19)34-9-13-36-14-10-34)31-26(32-25(22)37-33-23)30-20(15-27)16-28-18-7-11-35-12-8-18/h15-19,21,27-28H,3-14H2,1-2H3,(H2,29,30,31,32)/b20-16+,27-15?. The second-order valence-electron chi connectivity index (χ2n) is 10.5. The minimum absolute atomic E-state index is 0.287. The van der Waals surface area contributed by atoms with Crippen molar-refractivity contribution in [3.05, 3.63) is 17.6 Å². The van der Waals surface area contributed by atoms with E-state index in [-0.39, 0.29) is 5.92 Å². The van der Waals surface area contributed by atoms with E-state index in [1.165, 1.54) is 30.6 Å². The monoisotopic (exact) mass is 528 g/mol. The third kappa shape index (κ3) is 6.57. The first-order valence-corrected chi connectivity index (χ1v) is 14.4. The highest BCUT2D eigenvalue weighted by molar-refractivity contribution is 7.13. The first-order chi connectivity index (χ1) is 18.1. The van der Waals surface area contributed by atoms with E-state index in [2.05, 4.69) is 34.7 Å². The average Bonchev–Trinajstić information content (AvgIpc) is 3.37. The topological polar surface area (TPSA) is 120 Å². The van der Waals surface area contributed by atoms with Crippen molar-refractivity contribution in [1.29, 1.82) is 5.41 Å². The van der Waals surface area contributed by atoms with Crippen molar-refractivity contribution in [3.8, 4) is 0 Å². The van der Waals surface area contributed by atoms with Crippen LogP contribution in [0, 0.1) is 5.41 Å². The summed E-state index contributed by atoms with van der Waals surface area (Å²) in [5.41, 5.74) is 1.66. The molecule has 0 amide bonds. The quantitative estimate of drug-likeness (QED) is 0.359. The highest BCUT2D eigenvalue weighted by Gasteiger charge is 2.28. The zero-order valence-electron chi connectivity index (χ0n) is 22.0. The Morgan fingerprint density at radius 2 is 1.73 bits per heavy atom. The van der Waals surface area contributed by atoms with Crippen molar-refractivity contribution in [1.82, 2.24) is 24.6 Å². The van der Waals surface area contributed by atoms with Crippen molar-refractivity contribution in [3.63, 3.8) is 0 Å². The maximum Gasteiger partial charge on any atom is 0.230 e. The summed E-state index contributed by atoms with van der Waals surface area (Å²) >= 11 is 1.42. The zero-order valence-corrected chi connectivity index (χ0v) is 22.8. The molecule has 37 heavy (non-hydrogen) atoms. The SMILES string of the molecule is CC(C)c1nsc2nc(N/C(C=N)=C/NC3CCOCC3)nc(NC3CCC(N4CCOCC4)CC3)c12. The molecule has 0 radical (unpaired) electrons. The van der Waals surface area contributed by atoms with Crippen LogP contribution in [-0.2, 0) is 9.47 Å². The van der Waals surface area contributed by atoms with Crippen LogP contribution >= 0.6 is 11.5 Å². The molecule has 202 valence electrons. The van der Waals surface area contributed by atoms with Crippen LogP contribution in [-0.4, -0.2) is 83.1 Å². The number of nitrogens with zero attached hydrogens (tertiary/aromatic N) is 4. The number of hydrogen-bond acceptors (Lipinski definition) is 11. The molecule has 5 rings (SSSR count). The molecule has 3 aliphatic rings. The average molecular weight is 529 g/mol. The minimum atomic E-state index is 0.287. The number of allylic oxidation sites excluding steroid dienone is 1. The van der Waals surface area contributed by atoms with Crippen LogP contribution in [0.15, 0.2) is 11.9 Å². The molecule has 2 aromatic heterocycles. The molecular formula is C26H40N8O2S. The molecule has 2 aliphatic heterocycles. The van der Waals surface area contributed by atoms with Gasteiger partial charge in [-0.2, -0.15) is 14.3 Å². The van der Waals surface area contributed by atoms with Gasteiger partial charge in [0.25, 0.3) is 0 Å². The third-order valence-corrected chi connectivity index (χ3v) is 8.37. The Morgan fingerprint density at radius 1 is 1.00 bits per heavy atom. The van der Waals surface area contributed by atoms with Gasteiger partial charge in [-0.1, -0.05) is 13.8 Å². The van der Waals surface area contributed by atoms with E-state index in [9.17, 15) is 0 Å². The number of nitrogens with one attached hydrogen (secondary N) is 4. The van der Waals surface area contributed by atoms with Gasteiger partial charge in [-0.3, -0.25) is 4.90 Å². The summed E-state index contributed by atoms with van der Waals surface area (Å²) in [6, 6.07) is 1.38. The Morgan fingerprint density at radius 3 is 2.43 bits per heavy atom. The van der Waals surface area contributed by atoms with Gasteiger partial charge in [0.05, 0.1) is 30.0 Å². The summed E-state index contributed by atoms with van der Waals surface area (Å²) in [5.74, 6) is 1.62. The fourth-order valence-corrected chi connectivity index (χ4v) is 6.37. The van der Waals surface area contributed by atoms with E-state index in [4.69, 9.17) is 29.2 Å². The molecule has 1 saturated carbocycles. The van der Waals surface area contributed by atoms with Crippen LogP contribution in [0.1, 0.15) is 64.0 Å². The van der Waals surface area contributed by atoms with Gasteiger partial charge in [0.2, 0.25) is 5.95 Å². The number of fused-ring (bicyclic) bond motifs is 1. The number of rotatable bonds is 9. The maximum atomic E-state index is 7.90. The molecule has 0 atom stereocenters. The van der Waals surface area contributed by atoms with Gasteiger partial charge in [-0.05, 0) is 56.0 Å². The van der Waals surface area contributed by atoms with Gasteiger partial charge in [0.15, 0.2) is 4.83 Å². The van der Waals surface area contributed by atoms with Gasteiger partial charge in [0, 0.05) is 56.8 Å². The summed E-state index contributed by atoms with van der Waals surface area (Å²) in [4.78, 5) is 13.2. The second kappa shape index (κ2) is 12.5. The molecule has 4 heterocycles. The summed E-state index contributed by atoms with van der Waals surface area (Å²) in [6.45, 7) is 9.67. The summed E-state index contributed by atoms with van der Waals surface area (Å²) in [7, 11) is 0. The third-order valence-electron chi connectivity index (χ3n) is 7.62. The van der Waals surface area contributed by atoms with E-state index in [1.807, 2.05) is 6.20 Å². The van der Waals surface area contributed by atoms with Gasteiger partial charge in [-0.25, -0.2) is 0 Å². The van der Waals surface area contributed by atoms with Gasteiger partial charge in [0.1, 0.15) is 5.82 Å². The lowest BCUT2D eigenvalue weighted by Crippen LogP contribution is -2.46. The Kier molecular flexibility index (Phi) is 8.85. The minimum Gasteiger partial charge on any atom is -0.386 e. The molecule has 3 fully saturated rings. The zero-order chi connectivity index (χ0) is 25.6. The van der Waals surface area contributed by atoms with E-state index >= 15 is 0 Å². The fourth-order valence-electron chi connectivity index (χ4n) is 5.47. The molecule has 0 bridgehead atoms. The number of anilines is 2. The van der Waals surface area contributed by atoms with Crippen LogP contribution < -0.4 is 16.0 Å². The smallest absolute Gasteiger partial charge is 0.230 e. The maximum absolute atomic E-state index is 7.90. The van der Waals surface area contributed by atoms with E-state index in [0.29, 0.717) is 29.8 Å². The van der Waals surface area contributed by atoms with Gasteiger partial charge in [-0.15, -0.1) is 0 Å². The lowest BCUT2D eigenvalue weighted by Gasteiger charge is -2.39. The highest BCUT2D eigenvalue weighted by atomic mass is 32.1. The predicted molar refractivity (Wildman–Crippen MR) is 149 cm³/mol. The Bertz CT molecular complexity index is 1070. The van der Waals surface area contributed by atoms with E-state index in [0.717, 1.165) is 86.9 Å². The summed E-state index contributed by atoms with van der Waals surface area (Å²) in [6.07, 6.45) is 9.69. The van der Waals surface area contributed by atoms with Crippen LogP contribution in [0.4, 0.5) is 11.8 Å². The molecule has 0 aromatic carbocycles. The molecular weight excluding hydrogens is 488 g/mol. The van der Waals surface area contributed by atoms with Crippen molar-refractivity contribution in [2.24, 2.45) is 0 Å². The molecule has 1 aliphatic carbocycles. The summed E-state index contributed by atoms with van der Waals surface area (Å²) < 4.78 is 15.7. The second-order valence-corrected chi connectivity index (χ2v) is 11.3. The van der Waals surface area contributed by atoms with Gasteiger partial charge < -0.3 is 30.8 Å². The summed E-state index contributed by atoms with van der Waals surface area (Å²) in [5, 5.41) is 19.4. The normalized spacial score (nSPS) is 24.4. The van der Waals surface area contributed by atoms with E-state index in [1.54, 1.807) is 0 Å². The first-order valence-electron chi connectivity index (χ1n) is 13.7. The Hall–Kier alpha value is -2.34. The number of morpholine rings is 1. The van der Waals surface area contributed by atoms with Crippen LogP contribution in [0.2, 0.25) is 0 Å². The van der Waals surface area contributed by atoms with Crippen molar-refractivity contribution >= 4 is 39.7 Å². The van der Waals surface area contributed by atoms with Crippen molar-refractivity contribution in [2.75, 3.05) is 50.2 Å². The van der Waals surface area contributed by atoms with E-state index < -0.39 is 0 Å².